The van der Waals surface area contributed by atoms with Gasteiger partial charge >= 0.3 is 5.97 Å². The van der Waals surface area contributed by atoms with Crippen molar-refractivity contribution in [3.63, 3.8) is 0 Å². The fourth-order valence-electron chi connectivity index (χ4n) is 1.63. The van der Waals surface area contributed by atoms with Crippen LogP contribution < -0.4 is 0 Å². The molecule has 0 bridgehead atoms. The van der Waals surface area contributed by atoms with Gasteiger partial charge in [-0.1, -0.05) is 0 Å². The molecule has 0 aliphatic carbocycles. The number of carboxylic acids is 1. The molecule has 1 heterocycles. The predicted octanol–water partition coefficient (Wildman–Crippen LogP) is 2.78. The number of aliphatic carboxylic acids is 1. The van der Waals surface area contributed by atoms with Crippen LogP contribution in [0.1, 0.15) is 30.0 Å². The van der Waals surface area contributed by atoms with Crippen LogP contribution in [0.2, 0.25) is 0 Å². The number of hydrogen-bond donors (Lipinski definition) is 1. The van der Waals surface area contributed by atoms with Gasteiger partial charge in [-0.05, 0) is 39.0 Å². The van der Waals surface area contributed by atoms with Gasteiger partial charge in [0.25, 0.3) is 0 Å². The van der Waals surface area contributed by atoms with E-state index in [1.807, 2.05) is 32.9 Å². The SMILES string of the molecule is Cc1ccc(/C=C/C(=O)N(CCC(=O)O)C(C)C)s1. The lowest BCUT2D eigenvalue weighted by Gasteiger charge is -2.24. The van der Waals surface area contributed by atoms with Crippen LogP contribution in [0.25, 0.3) is 6.08 Å². The molecule has 0 atom stereocenters. The lowest BCUT2D eigenvalue weighted by Crippen LogP contribution is -2.37. The van der Waals surface area contributed by atoms with Gasteiger partial charge in [-0.3, -0.25) is 9.59 Å². The Morgan fingerprint density at radius 1 is 1.42 bits per heavy atom. The first-order valence-corrected chi connectivity index (χ1v) is 6.98. The smallest absolute Gasteiger partial charge is 0.305 e. The van der Waals surface area contributed by atoms with Crippen molar-refractivity contribution >= 4 is 29.3 Å². The zero-order valence-corrected chi connectivity index (χ0v) is 12.2. The predicted molar refractivity (Wildman–Crippen MR) is 77.2 cm³/mol. The molecule has 0 saturated carbocycles. The molecule has 19 heavy (non-hydrogen) atoms. The molecule has 1 aromatic heterocycles. The Labute approximate surface area is 117 Å². The Morgan fingerprint density at radius 3 is 2.58 bits per heavy atom. The number of carbonyl (C=O) groups is 2. The minimum atomic E-state index is -0.892. The van der Waals surface area contributed by atoms with Crippen molar-refractivity contribution in [2.24, 2.45) is 0 Å². The van der Waals surface area contributed by atoms with E-state index < -0.39 is 5.97 Å². The van der Waals surface area contributed by atoms with Crippen molar-refractivity contribution in [3.05, 3.63) is 28.0 Å². The molecule has 0 saturated heterocycles. The second-order valence-corrected chi connectivity index (χ2v) is 5.87. The number of amides is 1. The monoisotopic (exact) mass is 281 g/mol. The van der Waals surface area contributed by atoms with Gasteiger partial charge in [-0.15, -0.1) is 11.3 Å². The molecular formula is C14H19NO3S. The molecule has 0 fully saturated rings. The quantitative estimate of drug-likeness (QED) is 0.816. The summed E-state index contributed by atoms with van der Waals surface area (Å²) >= 11 is 1.62. The van der Waals surface area contributed by atoms with E-state index >= 15 is 0 Å². The summed E-state index contributed by atoms with van der Waals surface area (Å²) in [4.78, 5) is 26.4. The van der Waals surface area contributed by atoms with Crippen LogP contribution in [-0.2, 0) is 9.59 Å². The number of carboxylic acid groups (broad SMARTS) is 1. The molecule has 104 valence electrons. The molecule has 0 spiro atoms. The molecule has 0 unspecified atom stereocenters. The van der Waals surface area contributed by atoms with Crippen molar-refractivity contribution in [2.75, 3.05) is 6.54 Å². The van der Waals surface area contributed by atoms with Crippen LogP contribution in [0.3, 0.4) is 0 Å². The summed E-state index contributed by atoms with van der Waals surface area (Å²) in [6.07, 6.45) is 3.25. The van der Waals surface area contributed by atoms with E-state index in [2.05, 4.69) is 0 Å². The third-order valence-electron chi connectivity index (χ3n) is 2.62. The number of carbonyl (C=O) groups excluding carboxylic acids is 1. The highest BCUT2D eigenvalue weighted by Gasteiger charge is 2.15. The van der Waals surface area contributed by atoms with Crippen molar-refractivity contribution in [2.45, 2.75) is 33.2 Å². The number of aryl methyl sites for hydroxylation is 1. The van der Waals surface area contributed by atoms with Crippen LogP contribution in [0.5, 0.6) is 0 Å². The maximum atomic E-state index is 12.0. The maximum Gasteiger partial charge on any atom is 0.305 e. The zero-order chi connectivity index (χ0) is 14.4. The largest absolute Gasteiger partial charge is 0.481 e. The summed E-state index contributed by atoms with van der Waals surface area (Å²) < 4.78 is 0. The summed E-state index contributed by atoms with van der Waals surface area (Å²) in [6.45, 7) is 6.00. The molecule has 4 nitrogen and oxygen atoms in total. The highest BCUT2D eigenvalue weighted by Crippen LogP contribution is 2.16. The molecule has 1 aromatic rings. The lowest BCUT2D eigenvalue weighted by atomic mass is 10.2. The first-order chi connectivity index (χ1) is 8.90. The molecule has 1 amide bonds. The van der Waals surface area contributed by atoms with Gasteiger partial charge in [0.2, 0.25) is 5.91 Å². The van der Waals surface area contributed by atoms with E-state index in [-0.39, 0.29) is 24.9 Å². The van der Waals surface area contributed by atoms with E-state index in [1.165, 1.54) is 11.0 Å². The van der Waals surface area contributed by atoms with Gasteiger partial charge in [0.1, 0.15) is 0 Å². The van der Waals surface area contributed by atoms with Gasteiger partial charge in [0.15, 0.2) is 0 Å². The van der Waals surface area contributed by atoms with E-state index in [0.29, 0.717) is 0 Å². The maximum absolute atomic E-state index is 12.0. The minimum absolute atomic E-state index is 0.0124. The molecule has 0 aromatic carbocycles. The number of hydrogen-bond acceptors (Lipinski definition) is 3. The van der Waals surface area contributed by atoms with Crippen molar-refractivity contribution < 1.29 is 14.7 Å². The van der Waals surface area contributed by atoms with Crippen LogP contribution in [-0.4, -0.2) is 34.5 Å². The first kappa shape index (κ1) is 15.4. The Hall–Kier alpha value is -1.62. The van der Waals surface area contributed by atoms with E-state index in [0.717, 1.165) is 4.88 Å². The van der Waals surface area contributed by atoms with Crippen LogP contribution >= 0.6 is 11.3 Å². The Kier molecular flexibility index (Phi) is 5.76. The molecule has 1 N–H and O–H groups in total. The van der Waals surface area contributed by atoms with Crippen molar-refractivity contribution in [1.29, 1.82) is 0 Å². The van der Waals surface area contributed by atoms with Crippen LogP contribution in [0.15, 0.2) is 18.2 Å². The van der Waals surface area contributed by atoms with Gasteiger partial charge in [-0.2, -0.15) is 0 Å². The zero-order valence-electron chi connectivity index (χ0n) is 11.4. The minimum Gasteiger partial charge on any atom is -0.481 e. The fourth-order valence-corrected chi connectivity index (χ4v) is 2.41. The summed E-state index contributed by atoms with van der Waals surface area (Å²) in [5, 5.41) is 8.68. The highest BCUT2D eigenvalue weighted by molar-refractivity contribution is 7.12. The van der Waals surface area contributed by atoms with E-state index in [4.69, 9.17) is 5.11 Å². The molecule has 0 aliphatic heterocycles. The summed E-state index contributed by atoms with van der Waals surface area (Å²) in [5.41, 5.74) is 0. The average molecular weight is 281 g/mol. The van der Waals surface area contributed by atoms with Gasteiger partial charge in [0.05, 0.1) is 6.42 Å². The van der Waals surface area contributed by atoms with Crippen molar-refractivity contribution in [3.8, 4) is 0 Å². The van der Waals surface area contributed by atoms with Crippen molar-refractivity contribution in [1.82, 2.24) is 4.90 Å². The fraction of sp³-hybridized carbons (Fsp3) is 0.429. The van der Waals surface area contributed by atoms with Crippen LogP contribution in [0.4, 0.5) is 0 Å². The molecule has 5 heteroatoms. The standard InChI is InChI=1S/C14H19NO3S/c1-10(2)15(9-8-14(17)18)13(16)7-6-12-5-4-11(3)19-12/h4-7,10H,8-9H2,1-3H3,(H,17,18)/b7-6+. The normalized spacial score (nSPS) is 11.2. The molecule has 0 radical (unpaired) electrons. The third-order valence-corrected chi connectivity index (χ3v) is 3.59. The Morgan fingerprint density at radius 2 is 2.11 bits per heavy atom. The highest BCUT2D eigenvalue weighted by atomic mass is 32.1. The summed E-state index contributed by atoms with van der Waals surface area (Å²) in [6, 6.07) is 3.95. The summed E-state index contributed by atoms with van der Waals surface area (Å²) in [5.74, 6) is -1.04. The van der Waals surface area contributed by atoms with Crippen LogP contribution in [0, 0.1) is 6.92 Å². The van der Waals surface area contributed by atoms with Gasteiger partial charge in [0, 0.05) is 28.4 Å². The third kappa shape index (κ3) is 5.26. The topological polar surface area (TPSA) is 57.6 Å². The molecular weight excluding hydrogens is 262 g/mol. The van der Waals surface area contributed by atoms with E-state index in [9.17, 15) is 9.59 Å². The van der Waals surface area contributed by atoms with Gasteiger partial charge < -0.3 is 10.0 Å². The number of thiophene rings is 1. The average Bonchev–Trinajstić information content (AvgIpc) is 2.72. The first-order valence-electron chi connectivity index (χ1n) is 6.17. The van der Waals surface area contributed by atoms with Gasteiger partial charge in [-0.25, -0.2) is 0 Å². The molecule has 0 aliphatic rings. The number of rotatable bonds is 6. The Balaban J connectivity index is 2.66. The molecule has 1 rings (SSSR count). The second kappa shape index (κ2) is 7.09. The summed E-state index contributed by atoms with van der Waals surface area (Å²) in [7, 11) is 0. The second-order valence-electron chi connectivity index (χ2n) is 4.55. The van der Waals surface area contributed by atoms with E-state index in [1.54, 1.807) is 22.3 Å². The number of nitrogens with zero attached hydrogens (tertiary/aromatic N) is 1. The Bertz CT molecular complexity index is 477. The lowest BCUT2D eigenvalue weighted by molar-refractivity contribution is -0.138.